The molecule has 19 heavy (non-hydrogen) atoms. The quantitative estimate of drug-likeness (QED) is 0.859. The van der Waals surface area contributed by atoms with E-state index in [1.807, 2.05) is 18.2 Å². The van der Waals surface area contributed by atoms with Crippen molar-refractivity contribution in [2.24, 2.45) is 7.05 Å². The lowest BCUT2D eigenvalue weighted by molar-refractivity contribution is 0.656. The van der Waals surface area contributed by atoms with E-state index in [0.29, 0.717) is 18.1 Å². The number of aryl methyl sites for hydroxylation is 1. The van der Waals surface area contributed by atoms with Gasteiger partial charge in [0.1, 0.15) is 0 Å². The van der Waals surface area contributed by atoms with Crippen LogP contribution in [0.3, 0.4) is 0 Å². The van der Waals surface area contributed by atoms with Crippen LogP contribution in [-0.4, -0.2) is 15.7 Å². The Morgan fingerprint density at radius 1 is 1.16 bits per heavy atom. The maximum absolute atomic E-state index is 11.7. The molecule has 0 aliphatic carbocycles. The normalized spacial score (nSPS) is 10.4. The molecule has 0 aliphatic rings. The van der Waals surface area contributed by atoms with Gasteiger partial charge in [-0.15, -0.1) is 0 Å². The van der Waals surface area contributed by atoms with Crippen LogP contribution in [0.25, 0.3) is 0 Å². The highest BCUT2D eigenvalue weighted by molar-refractivity contribution is 6.33. The zero-order valence-corrected chi connectivity index (χ0v) is 11.2. The van der Waals surface area contributed by atoms with Gasteiger partial charge in [-0.25, -0.2) is 0 Å². The molecule has 1 aromatic carbocycles. The Hall–Kier alpha value is -2.01. The van der Waals surface area contributed by atoms with Gasteiger partial charge in [-0.3, -0.25) is 9.59 Å². The Labute approximate surface area is 115 Å². The molecule has 1 heterocycles. The van der Waals surface area contributed by atoms with Gasteiger partial charge < -0.3 is 14.5 Å². The summed E-state index contributed by atoms with van der Waals surface area (Å²) in [5.74, 6) is 0. The largest absolute Gasteiger partial charge is 0.382 e. The second-order valence-corrected chi connectivity index (χ2v) is 4.53. The van der Waals surface area contributed by atoms with E-state index < -0.39 is 11.1 Å². The van der Waals surface area contributed by atoms with Crippen molar-refractivity contribution in [3.63, 3.8) is 0 Å². The van der Waals surface area contributed by atoms with E-state index >= 15 is 0 Å². The molecule has 0 radical (unpaired) electrons. The van der Waals surface area contributed by atoms with Gasteiger partial charge in [0.2, 0.25) is 0 Å². The van der Waals surface area contributed by atoms with Crippen LogP contribution < -0.4 is 16.4 Å². The molecule has 0 saturated carbocycles. The predicted octanol–water partition coefficient (Wildman–Crippen LogP) is 1.31. The average molecular weight is 280 g/mol. The molecule has 1 aromatic heterocycles. The molecule has 6 heteroatoms. The van der Waals surface area contributed by atoms with Crippen LogP contribution in [0.1, 0.15) is 0 Å². The molecule has 0 aliphatic heterocycles. The maximum atomic E-state index is 11.7. The van der Waals surface area contributed by atoms with E-state index in [-0.39, 0.29) is 0 Å². The van der Waals surface area contributed by atoms with Crippen LogP contribution >= 0.6 is 11.6 Å². The Kier molecular flexibility index (Phi) is 4.06. The Morgan fingerprint density at radius 3 is 2.63 bits per heavy atom. The number of nitrogens with one attached hydrogen (secondary N) is 1. The fraction of sp³-hybridized carbons (Fsp3) is 0.231. The summed E-state index contributed by atoms with van der Waals surface area (Å²) in [6.07, 6.45) is 3.16. The molecule has 0 amide bonds. The Morgan fingerprint density at radius 2 is 1.89 bits per heavy atom. The minimum absolute atomic E-state index is 0.403. The highest BCUT2D eigenvalue weighted by Gasteiger charge is 2.02. The van der Waals surface area contributed by atoms with Crippen molar-refractivity contribution in [3.8, 4) is 0 Å². The third kappa shape index (κ3) is 3.06. The highest BCUT2D eigenvalue weighted by atomic mass is 35.5. The highest BCUT2D eigenvalue weighted by Crippen LogP contribution is 2.19. The van der Waals surface area contributed by atoms with Crippen molar-refractivity contribution in [2.75, 3.05) is 11.9 Å². The topological polar surface area (TPSA) is 56.0 Å². The van der Waals surface area contributed by atoms with Crippen molar-refractivity contribution in [2.45, 2.75) is 6.54 Å². The number of hydrogen-bond donors (Lipinski definition) is 1. The summed E-state index contributed by atoms with van der Waals surface area (Å²) in [4.78, 5) is 23.1. The number of aromatic nitrogens is 2. The first kappa shape index (κ1) is 13.4. The molecule has 100 valence electrons. The molecule has 0 atom stereocenters. The molecule has 0 fully saturated rings. The molecule has 0 spiro atoms. The van der Waals surface area contributed by atoms with Crippen LogP contribution in [0, 0.1) is 0 Å². The van der Waals surface area contributed by atoms with E-state index in [1.165, 1.54) is 9.13 Å². The lowest BCUT2D eigenvalue weighted by atomic mass is 10.3. The van der Waals surface area contributed by atoms with Crippen molar-refractivity contribution < 1.29 is 0 Å². The van der Waals surface area contributed by atoms with Gasteiger partial charge in [-0.2, -0.15) is 0 Å². The number of rotatable bonds is 4. The molecule has 2 rings (SSSR count). The van der Waals surface area contributed by atoms with Crippen LogP contribution in [-0.2, 0) is 13.6 Å². The summed E-state index contributed by atoms with van der Waals surface area (Å²) in [6.45, 7) is 0.914. The van der Waals surface area contributed by atoms with Crippen molar-refractivity contribution in [1.29, 1.82) is 0 Å². The molecule has 5 nitrogen and oxygen atoms in total. The van der Waals surface area contributed by atoms with Gasteiger partial charge in [0.15, 0.2) is 0 Å². The molecule has 2 aromatic rings. The minimum atomic E-state index is -0.528. The first-order valence-corrected chi connectivity index (χ1v) is 6.22. The predicted molar refractivity (Wildman–Crippen MR) is 75.9 cm³/mol. The Bertz CT molecular complexity index is 691. The van der Waals surface area contributed by atoms with Gasteiger partial charge in [0.05, 0.1) is 10.7 Å². The SMILES string of the molecule is Cn1ccn(CCNc2ccccc2Cl)c(=O)c1=O. The lowest BCUT2D eigenvalue weighted by Crippen LogP contribution is -2.40. The van der Waals surface area contributed by atoms with Crippen molar-refractivity contribution in [3.05, 3.63) is 62.4 Å². The zero-order chi connectivity index (χ0) is 13.8. The third-order valence-corrected chi connectivity index (χ3v) is 3.11. The number of halogens is 1. The van der Waals surface area contributed by atoms with Crippen LogP contribution in [0.15, 0.2) is 46.2 Å². The molecular formula is C13H14ClN3O2. The van der Waals surface area contributed by atoms with E-state index in [4.69, 9.17) is 11.6 Å². The van der Waals surface area contributed by atoms with E-state index in [0.717, 1.165) is 5.69 Å². The number of hydrogen-bond acceptors (Lipinski definition) is 3. The summed E-state index contributed by atoms with van der Waals surface area (Å²) in [6, 6.07) is 7.36. The molecule has 0 saturated heterocycles. The number of nitrogens with zero attached hydrogens (tertiary/aromatic N) is 2. The van der Waals surface area contributed by atoms with E-state index in [1.54, 1.807) is 25.5 Å². The summed E-state index contributed by atoms with van der Waals surface area (Å²) in [5.41, 5.74) is -0.243. The summed E-state index contributed by atoms with van der Waals surface area (Å²) in [5, 5.41) is 3.75. The number of anilines is 1. The average Bonchev–Trinajstić information content (AvgIpc) is 2.41. The number of benzene rings is 1. The second kappa shape index (κ2) is 5.75. The number of para-hydroxylation sites is 1. The van der Waals surface area contributed by atoms with Gasteiger partial charge in [-0.05, 0) is 12.1 Å². The summed E-state index contributed by atoms with van der Waals surface area (Å²) < 4.78 is 2.65. The summed E-state index contributed by atoms with van der Waals surface area (Å²) in [7, 11) is 1.55. The van der Waals surface area contributed by atoms with Gasteiger partial charge in [0, 0.05) is 32.5 Å². The molecule has 0 bridgehead atoms. The molecular weight excluding hydrogens is 266 g/mol. The van der Waals surface area contributed by atoms with Crippen LogP contribution in [0.4, 0.5) is 5.69 Å². The first-order valence-electron chi connectivity index (χ1n) is 5.84. The standard InChI is InChI=1S/C13H14ClN3O2/c1-16-8-9-17(13(19)12(16)18)7-6-15-11-5-3-2-4-10(11)14/h2-5,8-9,15H,6-7H2,1H3. The third-order valence-electron chi connectivity index (χ3n) is 2.78. The zero-order valence-electron chi connectivity index (χ0n) is 10.5. The van der Waals surface area contributed by atoms with E-state index in [2.05, 4.69) is 5.32 Å². The van der Waals surface area contributed by atoms with Gasteiger partial charge in [0.25, 0.3) is 0 Å². The van der Waals surface area contributed by atoms with Crippen LogP contribution in [0.2, 0.25) is 5.02 Å². The maximum Gasteiger partial charge on any atom is 0.316 e. The van der Waals surface area contributed by atoms with Crippen molar-refractivity contribution >= 4 is 17.3 Å². The van der Waals surface area contributed by atoms with Crippen molar-refractivity contribution in [1.82, 2.24) is 9.13 Å². The van der Waals surface area contributed by atoms with E-state index in [9.17, 15) is 9.59 Å². The fourth-order valence-corrected chi connectivity index (χ4v) is 1.88. The monoisotopic (exact) mass is 279 g/mol. The fourth-order valence-electron chi connectivity index (χ4n) is 1.68. The minimum Gasteiger partial charge on any atom is -0.382 e. The summed E-state index contributed by atoms with van der Waals surface area (Å²) >= 11 is 6.00. The van der Waals surface area contributed by atoms with Crippen LogP contribution in [0.5, 0.6) is 0 Å². The van der Waals surface area contributed by atoms with Gasteiger partial charge >= 0.3 is 11.1 Å². The lowest BCUT2D eigenvalue weighted by Gasteiger charge is -2.09. The second-order valence-electron chi connectivity index (χ2n) is 4.12. The smallest absolute Gasteiger partial charge is 0.316 e. The molecule has 1 N–H and O–H groups in total. The molecule has 0 unspecified atom stereocenters. The first-order chi connectivity index (χ1) is 9.09. The Balaban J connectivity index is 2.05. The van der Waals surface area contributed by atoms with Gasteiger partial charge in [-0.1, -0.05) is 23.7 Å².